The predicted octanol–water partition coefficient (Wildman–Crippen LogP) is 2.16. The molecule has 96 valence electrons. The lowest BCUT2D eigenvalue weighted by Crippen LogP contribution is -2.34. The minimum Gasteiger partial charge on any atom is -0.347 e. The van der Waals surface area contributed by atoms with Crippen LogP contribution < -0.4 is 5.32 Å². The average molecular weight is 256 g/mol. The molecule has 0 heterocycles. The number of nitro benzene ring substituents is 1. The van der Waals surface area contributed by atoms with Gasteiger partial charge in [-0.25, -0.2) is 4.39 Å². The molecule has 0 saturated heterocycles. The van der Waals surface area contributed by atoms with E-state index in [9.17, 15) is 23.7 Å². The summed E-state index contributed by atoms with van der Waals surface area (Å²) in [5.41, 5.74) is -2.10. The van der Waals surface area contributed by atoms with Crippen LogP contribution in [0.3, 0.4) is 0 Å². The van der Waals surface area contributed by atoms with Crippen LogP contribution in [0, 0.1) is 21.7 Å². The zero-order valence-corrected chi connectivity index (χ0v) is 9.50. The molecular weight excluding hydrogens is 246 g/mol. The summed E-state index contributed by atoms with van der Waals surface area (Å²) in [6.45, 7) is 1.76. The lowest BCUT2D eigenvalue weighted by molar-refractivity contribution is -0.387. The van der Waals surface area contributed by atoms with Gasteiger partial charge in [0, 0.05) is 5.54 Å². The van der Waals surface area contributed by atoms with Gasteiger partial charge in [-0.3, -0.25) is 14.9 Å². The first kappa shape index (κ1) is 12.4. The van der Waals surface area contributed by atoms with Crippen molar-refractivity contribution in [3.05, 3.63) is 39.4 Å². The molecule has 0 bridgehead atoms. The third-order valence-electron chi connectivity index (χ3n) is 2.87. The van der Waals surface area contributed by atoms with Gasteiger partial charge < -0.3 is 5.32 Å². The Balaban J connectivity index is 2.37. The van der Waals surface area contributed by atoms with Crippen LogP contribution in [0.15, 0.2) is 12.1 Å². The van der Waals surface area contributed by atoms with Crippen LogP contribution in [0.1, 0.15) is 30.1 Å². The van der Waals surface area contributed by atoms with Gasteiger partial charge >= 0.3 is 5.69 Å². The van der Waals surface area contributed by atoms with Gasteiger partial charge in [-0.15, -0.1) is 0 Å². The van der Waals surface area contributed by atoms with Gasteiger partial charge in [-0.05, 0) is 25.8 Å². The van der Waals surface area contributed by atoms with E-state index in [4.69, 9.17) is 0 Å². The molecule has 1 aliphatic carbocycles. The molecule has 7 heteroatoms. The van der Waals surface area contributed by atoms with Crippen molar-refractivity contribution in [3.8, 4) is 0 Å². The van der Waals surface area contributed by atoms with E-state index in [1.54, 1.807) is 6.92 Å². The van der Waals surface area contributed by atoms with E-state index in [1.165, 1.54) is 0 Å². The Morgan fingerprint density at radius 1 is 1.44 bits per heavy atom. The van der Waals surface area contributed by atoms with Crippen molar-refractivity contribution < 1.29 is 18.5 Å². The van der Waals surface area contributed by atoms with Gasteiger partial charge in [0.15, 0.2) is 0 Å². The monoisotopic (exact) mass is 256 g/mol. The number of amides is 1. The maximum Gasteiger partial charge on any atom is 0.308 e. The smallest absolute Gasteiger partial charge is 0.308 e. The van der Waals surface area contributed by atoms with E-state index in [0.717, 1.165) is 12.8 Å². The maximum atomic E-state index is 13.7. The molecule has 1 amide bonds. The van der Waals surface area contributed by atoms with Crippen molar-refractivity contribution in [1.82, 2.24) is 5.32 Å². The molecule has 0 atom stereocenters. The Morgan fingerprint density at radius 2 is 2.06 bits per heavy atom. The highest BCUT2D eigenvalue weighted by atomic mass is 19.1. The van der Waals surface area contributed by atoms with Crippen LogP contribution in [-0.4, -0.2) is 16.4 Å². The van der Waals surface area contributed by atoms with Crippen LogP contribution in [0.4, 0.5) is 14.5 Å². The number of carbonyl (C=O) groups excluding carboxylic acids is 1. The highest BCUT2D eigenvalue weighted by molar-refractivity contribution is 5.95. The summed E-state index contributed by atoms with van der Waals surface area (Å²) in [6.07, 6.45) is 1.50. The second-order valence-corrected chi connectivity index (χ2v) is 4.56. The second kappa shape index (κ2) is 4.01. The molecule has 5 nitrogen and oxygen atoms in total. The number of benzene rings is 1. The van der Waals surface area contributed by atoms with E-state index in [0.29, 0.717) is 12.1 Å². The SMILES string of the molecule is CC1(NC(=O)c2cc(F)cc([N+](=O)[O-])c2F)CC1. The molecule has 1 N–H and O–H groups in total. The first-order valence-corrected chi connectivity index (χ1v) is 5.28. The fraction of sp³-hybridized carbons (Fsp3) is 0.364. The highest BCUT2D eigenvalue weighted by Crippen LogP contribution is 2.35. The summed E-state index contributed by atoms with van der Waals surface area (Å²) in [4.78, 5) is 21.2. The third-order valence-corrected chi connectivity index (χ3v) is 2.87. The minimum absolute atomic E-state index is 0.412. The molecule has 1 aliphatic rings. The molecule has 1 aromatic rings. The lowest BCUT2D eigenvalue weighted by atomic mass is 10.1. The van der Waals surface area contributed by atoms with Crippen LogP contribution in [-0.2, 0) is 0 Å². The summed E-state index contributed by atoms with van der Waals surface area (Å²) in [7, 11) is 0. The molecule has 0 spiro atoms. The Labute approximate surface area is 101 Å². The van der Waals surface area contributed by atoms with Crippen LogP contribution >= 0.6 is 0 Å². The topological polar surface area (TPSA) is 72.2 Å². The van der Waals surface area contributed by atoms with Crippen LogP contribution in [0.25, 0.3) is 0 Å². The molecular formula is C11H10F2N2O3. The molecule has 1 aromatic carbocycles. The summed E-state index contributed by atoms with van der Waals surface area (Å²) >= 11 is 0. The second-order valence-electron chi connectivity index (χ2n) is 4.56. The normalized spacial score (nSPS) is 16.2. The number of hydrogen-bond acceptors (Lipinski definition) is 3. The molecule has 1 saturated carbocycles. The lowest BCUT2D eigenvalue weighted by Gasteiger charge is -2.11. The van der Waals surface area contributed by atoms with Crippen molar-refractivity contribution in [2.75, 3.05) is 0 Å². The third kappa shape index (κ3) is 2.29. The first-order chi connectivity index (χ1) is 8.32. The largest absolute Gasteiger partial charge is 0.347 e. The van der Waals surface area contributed by atoms with Gasteiger partial charge in [-0.1, -0.05) is 0 Å². The van der Waals surface area contributed by atoms with Gasteiger partial charge in [0.05, 0.1) is 16.6 Å². The number of rotatable bonds is 3. The summed E-state index contributed by atoms with van der Waals surface area (Å²) in [5.74, 6) is -3.17. The van der Waals surface area contributed by atoms with Gasteiger partial charge in [-0.2, -0.15) is 4.39 Å². The standard InChI is InChI=1S/C11H10F2N2O3/c1-11(2-3-11)14-10(16)7-4-6(12)5-8(9(7)13)15(17)18/h4-5H,2-3H2,1H3,(H,14,16). The summed E-state index contributed by atoms with van der Waals surface area (Å²) in [5, 5.41) is 13.0. The number of hydrogen-bond donors (Lipinski definition) is 1. The van der Waals surface area contributed by atoms with Crippen LogP contribution in [0.5, 0.6) is 0 Å². The van der Waals surface area contributed by atoms with E-state index < -0.39 is 39.3 Å². The number of nitro groups is 1. The summed E-state index contributed by atoms with van der Waals surface area (Å²) < 4.78 is 26.8. The van der Waals surface area contributed by atoms with Crippen molar-refractivity contribution >= 4 is 11.6 Å². The number of nitrogens with one attached hydrogen (secondary N) is 1. The van der Waals surface area contributed by atoms with Gasteiger partial charge in [0.1, 0.15) is 5.82 Å². The van der Waals surface area contributed by atoms with E-state index in [2.05, 4.69) is 5.32 Å². The van der Waals surface area contributed by atoms with E-state index in [1.807, 2.05) is 0 Å². The van der Waals surface area contributed by atoms with Crippen molar-refractivity contribution in [2.24, 2.45) is 0 Å². The Bertz CT molecular complexity index is 541. The Kier molecular flexibility index (Phi) is 2.76. The predicted molar refractivity (Wildman–Crippen MR) is 58.1 cm³/mol. The zero-order chi connectivity index (χ0) is 13.5. The molecule has 18 heavy (non-hydrogen) atoms. The van der Waals surface area contributed by atoms with Crippen molar-refractivity contribution in [1.29, 1.82) is 0 Å². The molecule has 0 radical (unpaired) electrons. The zero-order valence-electron chi connectivity index (χ0n) is 9.50. The van der Waals surface area contributed by atoms with Crippen LogP contribution in [0.2, 0.25) is 0 Å². The molecule has 2 rings (SSSR count). The van der Waals surface area contributed by atoms with E-state index >= 15 is 0 Å². The average Bonchev–Trinajstić information content (AvgIpc) is 2.98. The fourth-order valence-corrected chi connectivity index (χ4v) is 1.53. The highest BCUT2D eigenvalue weighted by Gasteiger charge is 2.39. The number of carbonyl (C=O) groups is 1. The molecule has 0 aromatic heterocycles. The quantitative estimate of drug-likeness (QED) is 0.665. The Morgan fingerprint density at radius 3 is 2.56 bits per heavy atom. The van der Waals surface area contributed by atoms with Gasteiger partial charge in [0.25, 0.3) is 5.91 Å². The Hall–Kier alpha value is -2.05. The minimum atomic E-state index is -1.32. The number of halogens is 2. The van der Waals surface area contributed by atoms with Gasteiger partial charge in [0.2, 0.25) is 5.82 Å². The van der Waals surface area contributed by atoms with Crippen molar-refractivity contribution in [3.63, 3.8) is 0 Å². The first-order valence-electron chi connectivity index (χ1n) is 5.28. The maximum absolute atomic E-state index is 13.7. The summed E-state index contributed by atoms with van der Waals surface area (Å²) in [6, 6.07) is 1.11. The molecule has 1 fully saturated rings. The van der Waals surface area contributed by atoms with E-state index in [-0.39, 0.29) is 0 Å². The number of nitrogens with zero attached hydrogens (tertiary/aromatic N) is 1. The molecule has 0 unspecified atom stereocenters. The fourth-order valence-electron chi connectivity index (χ4n) is 1.53. The van der Waals surface area contributed by atoms with Crippen molar-refractivity contribution in [2.45, 2.75) is 25.3 Å². The molecule has 0 aliphatic heterocycles.